The minimum absolute atomic E-state index is 0.0617. The Bertz CT molecular complexity index is 1140. The third kappa shape index (κ3) is 3.30. The molecule has 0 amide bonds. The number of hydrogen-bond acceptors (Lipinski definition) is 4. The van der Waals surface area contributed by atoms with Gasteiger partial charge in [-0.25, -0.2) is 0 Å². The summed E-state index contributed by atoms with van der Waals surface area (Å²) in [4.78, 5) is 13.2. The van der Waals surface area contributed by atoms with Gasteiger partial charge in [-0.15, -0.1) is 0 Å². The molecule has 168 valence electrons. The lowest BCUT2D eigenvalue weighted by Crippen LogP contribution is -2.29. The van der Waals surface area contributed by atoms with E-state index in [1.54, 1.807) is 18.2 Å². The molecule has 2 aliphatic heterocycles. The Labute approximate surface area is 187 Å². The number of rotatable bonds is 4. The SMILES string of the molecule is CCc1ccc(Oc2ccc(C(F)(F)F)cc2Cl)cc1C1=C(O)[C@H]2[C@@H](C1=O)[C@@H]1CC[C@H]2O1. The molecular weight excluding hydrogens is 445 g/mol. The summed E-state index contributed by atoms with van der Waals surface area (Å²) in [6.07, 6.45) is -2.54. The molecule has 1 N–H and O–H groups in total. The number of allylic oxidation sites excluding steroid dienone is 1. The monoisotopic (exact) mass is 464 g/mol. The lowest BCUT2D eigenvalue weighted by atomic mass is 9.80. The van der Waals surface area contributed by atoms with Crippen LogP contribution in [-0.2, 0) is 22.1 Å². The number of ketones is 1. The van der Waals surface area contributed by atoms with Crippen LogP contribution in [0.15, 0.2) is 42.2 Å². The Morgan fingerprint density at radius 2 is 1.84 bits per heavy atom. The number of aliphatic hydroxyl groups is 1. The molecular formula is C24H20ClF3O4. The smallest absolute Gasteiger partial charge is 0.416 e. The summed E-state index contributed by atoms with van der Waals surface area (Å²) < 4.78 is 50.3. The minimum Gasteiger partial charge on any atom is -0.511 e. The van der Waals surface area contributed by atoms with Crippen molar-refractivity contribution in [3.05, 3.63) is 63.9 Å². The van der Waals surface area contributed by atoms with Crippen LogP contribution in [0.2, 0.25) is 5.02 Å². The molecule has 0 saturated carbocycles. The third-order valence-corrected chi connectivity index (χ3v) is 6.91. The van der Waals surface area contributed by atoms with E-state index in [-0.39, 0.29) is 46.4 Å². The predicted molar refractivity (Wildman–Crippen MR) is 112 cm³/mol. The van der Waals surface area contributed by atoms with Gasteiger partial charge in [-0.3, -0.25) is 4.79 Å². The van der Waals surface area contributed by atoms with E-state index in [4.69, 9.17) is 21.1 Å². The van der Waals surface area contributed by atoms with Gasteiger partial charge < -0.3 is 14.6 Å². The maximum absolute atomic E-state index is 13.2. The Morgan fingerprint density at radius 3 is 2.47 bits per heavy atom. The van der Waals surface area contributed by atoms with Crippen LogP contribution < -0.4 is 4.74 Å². The Kier molecular flexibility index (Phi) is 5.02. The van der Waals surface area contributed by atoms with E-state index in [1.807, 2.05) is 6.92 Å². The average Bonchev–Trinajstić information content (AvgIpc) is 3.42. The number of aliphatic hydroxyl groups excluding tert-OH is 1. The molecule has 0 aromatic heterocycles. The van der Waals surface area contributed by atoms with Crippen LogP contribution in [0.4, 0.5) is 13.2 Å². The number of benzene rings is 2. The molecule has 3 aliphatic rings. The summed E-state index contributed by atoms with van der Waals surface area (Å²) >= 11 is 6.02. The van der Waals surface area contributed by atoms with Crippen LogP contribution in [0.3, 0.4) is 0 Å². The van der Waals surface area contributed by atoms with Crippen molar-refractivity contribution in [2.24, 2.45) is 11.8 Å². The summed E-state index contributed by atoms with van der Waals surface area (Å²) in [5.74, 6) is -0.361. The van der Waals surface area contributed by atoms with Gasteiger partial charge in [-0.2, -0.15) is 13.2 Å². The highest BCUT2D eigenvalue weighted by atomic mass is 35.5. The molecule has 1 aliphatic carbocycles. The highest BCUT2D eigenvalue weighted by Crippen LogP contribution is 2.54. The number of aryl methyl sites for hydroxylation is 1. The molecule has 2 aromatic rings. The molecule has 2 heterocycles. The predicted octanol–water partition coefficient (Wildman–Crippen LogP) is 6.36. The zero-order valence-electron chi connectivity index (χ0n) is 17.1. The second-order valence-electron chi connectivity index (χ2n) is 8.38. The Balaban J connectivity index is 1.50. The molecule has 0 spiro atoms. The van der Waals surface area contributed by atoms with Crippen LogP contribution in [0.25, 0.3) is 5.57 Å². The fraction of sp³-hybridized carbons (Fsp3) is 0.375. The molecule has 32 heavy (non-hydrogen) atoms. The van der Waals surface area contributed by atoms with Gasteiger partial charge in [-0.05, 0) is 60.7 Å². The minimum atomic E-state index is -4.51. The van der Waals surface area contributed by atoms with Crippen molar-refractivity contribution in [1.82, 2.24) is 0 Å². The van der Waals surface area contributed by atoms with Gasteiger partial charge in [0.05, 0.1) is 40.2 Å². The summed E-state index contributed by atoms with van der Waals surface area (Å²) in [6.45, 7) is 1.94. The van der Waals surface area contributed by atoms with Gasteiger partial charge in [0.25, 0.3) is 0 Å². The highest BCUT2D eigenvalue weighted by Gasteiger charge is 2.59. The molecule has 2 saturated heterocycles. The molecule has 2 fully saturated rings. The molecule has 5 rings (SSSR count). The normalized spacial score (nSPS) is 26.7. The van der Waals surface area contributed by atoms with E-state index in [1.165, 1.54) is 0 Å². The van der Waals surface area contributed by atoms with Gasteiger partial charge in [0, 0.05) is 0 Å². The third-order valence-electron chi connectivity index (χ3n) is 6.61. The van der Waals surface area contributed by atoms with Crippen LogP contribution >= 0.6 is 11.6 Å². The van der Waals surface area contributed by atoms with Crippen molar-refractivity contribution in [3.63, 3.8) is 0 Å². The Morgan fingerprint density at radius 1 is 1.12 bits per heavy atom. The number of carbonyl (C=O) groups excluding carboxylic acids is 1. The van der Waals surface area contributed by atoms with Crippen molar-refractivity contribution >= 4 is 23.0 Å². The first-order valence-corrected chi connectivity index (χ1v) is 10.9. The summed E-state index contributed by atoms with van der Waals surface area (Å²) in [5, 5.41) is 10.8. The van der Waals surface area contributed by atoms with Crippen LogP contribution in [0, 0.1) is 11.8 Å². The lowest BCUT2D eigenvalue weighted by Gasteiger charge is -2.19. The first-order valence-electron chi connectivity index (χ1n) is 10.5. The van der Waals surface area contributed by atoms with Crippen LogP contribution in [-0.4, -0.2) is 23.1 Å². The van der Waals surface area contributed by atoms with E-state index < -0.39 is 11.7 Å². The number of ether oxygens (including phenoxy) is 2. The van der Waals surface area contributed by atoms with Gasteiger partial charge in [0.15, 0.2) is 5.78 Å². The topological polar surface area (TPSA) is 55.8 Å². The van der Waals surface area contributed by atoms with Crippen molar-refractivity contribution in [3.8, 4) is 11.5 Å². The number of hydrogen-bond donors (Lipinski definition) is 1. The molecule has 2 bridgehead atoms. The quantitative estimate of drug-likeness (QED) is 0.572. The second kappa shape index (κ2) is 7.52. The molecule has 0 radical (unpaired) electrons. The molecule has 8 heteroatoms. The van der Waals surface area contributed by atoms with Crippen molar-refractivity contribution in [2.75, 3.05) is 0 Å². The molecule has 2 aromatic carbocycles. The number of alkyl halides is 3. The molecule has 0 unspecified atom stereocenters. The fourth-order valence-corrected chi connectivity index (χ4v) is 5.35. The molecule has 4 nitrogen and oxygen atoms in total. The largest absolute Gasteiger partial charge is 0.511 e. The van der Waals surface area contributed by atoms with Crippen molar-refractivity contribution < 1.29 is 32.5 Å². The summed E-state index contributed by atoms with van der Waals surface area (Å²) in [7, 11) is 0. The number of Topliss-reactive ketones (excluding diaryl/α,β-unsaturated/α-hetero) is 1. The lowest BCUT2D eigenvalue weighted by molar-refractivity contribution is -0.137. The van der Waals surface area contributed by atoms with Gasteiger partial charge in [0.2, 0.25) is 0 Å². The van der Waals surface area contributed by atoms with Crippen molar-refractivity contribution in [1.29, 1.82) is 0 Å². The summed E-state index contributed by atoms with van der Waals surface area (Å²) in [6, 6.07) is 7.96. The van der Waals surface area contributed by atoms with Crippen molar-refractivity contribution in [2.45, 2.75) is 44.6 Å². The first-order chi connectivity index (χ1) is 15.2. The Hall–Kier alpha value is -2.51. The maximum Gasteiger partial charge on any atom is 0.416 e. The van der Waals surface area contributed by atoms with Gasteiger partial charge in [0.1, 0.15) is 17.3 Å². The molecule has 4 atom stereocenters. The highest BCUT2D eigenvalue weighted by molar-refractivity contribution is 6.32. The van der Waals surface area contributed by atoms with E-state index >= 15 is 0 Å². The van der Waals surface area contributed by atoms with Gasteiger partial charge >= 0.3 is 6.18 Å². The average molecular weight is 465 g/mol. The van der Waals surface area contributed by atoms with E-state index in [9.17, 15) is 23.1 Å². The standard InChI is InChI=1S/C24H20ClF3O4/c1-2-11-3-5-13(31-16-6-4-12(9-15(16)25)24(26,27)28)10-14(11)19-22(29)20-17-7-8-18(32-17)21(20)23(19)30/h3-6,9-10,17-18,20-21,29H,2,7-8H2,1H3/t17-,18+,20-,21+/m1/s1. The first kappa shape index (κ1) is 21.3. The maximum atomic E-state index is 13.2. The number of fused-ring (bicyclic) bond motifs is 5. The summed E-state index contributed by atoms with van der Waals surface area (Å²) in [5.41, 5.74) is 0.858. The van der Waals surface area contributed by atoms with Gasteiger partial charge in [-0.1, -0.05) is 24.6 Å². The number of carbonyl (C=O) groups is 1. The number of halogens is 4. The van der Waals surface area contributed by atoms with Crippen LogP contribution in [0.1, 0.15) is 36.5 Å². The van der Waals surface area contributed by atoms with E-state index in [0.29, 0.717) is 23.3 Å². The fourth-order valence-electron chi connectivity index (χ4n) is 5.14. The van der Waals surface area contributed by atoms with E-state index in [0.717, 1.165) is 36.6 Å². The zero-order chi connectivity index (χ0) is 22.8. The van der Waals surface area contributed by atoms with E-state index in [2.05, 4.69) is 0 Å². The van der Waals surface area contributed by atoms with Crippen LogP contribution in [0.5, 0.6) is 11.5 Å². The second-order valence-corrected chi connectivity index (χ2v) is 8.79. The zero-order valence-corrected chi connectivity index (χ0v) is 17.8.